The van der Waals surface area contributed by atoms with Crippen LogP contribution in [-0.4, -0.2) is 51.5 Å². The zero-order chi connectivity index (χ0) is 39.4. The molecule has 0 saturated carbocycles. The minimum Gasteiger partial charge on any atom is -0.497 e. The van der Waals surface area contributed by atoms with Gasteiger partial charge in [-0.05, 0) is 71.0 Å². The molecule has 6 rings (SSSR count). The molecular formula is C46H45NO9. The number of alkyl carbamates (subject to hydrolysis) is 1. The summed E-state index contributed by atoms with van der Waals surface area (Å²) in [6.07, 6.45) is -0.633. The van der Waals surface area contributed by atoms with Gasteiger partial charge in [-0.25, -0.2) is 9.59 Å². The van der Waals surface area contributed by atoms with Crippen LogP contribution in [0.4, 0.5) is 4.79 Å². The molecule has 0 spiro atoms. The minimum atomic E-state index is -1.20. The van der Waals surface area contributed by atoms with Crippen molar-refractivity contribution < 1.29 is 42.8 Å². The Morgan fingerprint density at radius 1 is 0.786 bits per heavy atom. The summed E-state index contributed by atoms with van der Waals surface area (Å²) in [6.45, 7) is 6.00. The van der Waals surface area contributed by atoms with E-state index in [9.17, 15) is 14.4 Å². The first-order valence-electron chi connectivity index (χ1n) is 18.4. The van der Waals surface area contributed by atoms with Crippen LogP contribution in [-0.2, 0) is 30.4 Å². The van der Waals surface area contributed by atoms with E-state index in [4.69, 9.17) is 28.4 Å². The number of esters is 2. The van der Waals surface area contributed by atoms with Gasteiger partial charge in [0.05, 0.1) is 14.2 Å². The lowest BCUT2D eigenvalue weighted by Gasteiger charge is -2.23. The summed E-state index contributed by atoms with van der Waals surface area (Å²) in [5.41, 5.74) is 7.73. The summed E-state index contributed by atoms with van der Waals surface area (Å²) in [6, 6.07) is 35.4. The molecular weight excluding hydrogens is 711 g/mol. The molecule has 0 aliphatic heterocycles. The SMILES string of the molecule is C=CCOC(=O)C(CCC(=O)OC(c1ccc(OCc2ccc(C)cc2)cc1)c1ccc(OC)cc1OC)NC(=O)OCC1c2ccccc2-c2ccccc21. The van der Waals surface area contributed by atoms with Crippen LogP contribution < -0.4 is 19.5 Å². The maximum atomic E-state index is 13.6. The molecule has 1 aliphatic rings. The van der Waals surface area contributed by atoms with Gasteiger partial charge in [0.1, 0.15) is 43.1 Å². The molecule has 10 nitrogen and oxygen atoms in total. The summed E-state index contributed by atoms with van der Waals surface area (Å²) >= 11 is 0. The summed E-state index contributed by atoms with van der Waals surface area (Å²) in [5, 5.41) is 2.61. The van der Waals surface area contributed by atoms with Gasteiger partial charge in [-0.3, -0.25) is 4.79 Å². The van der Waals surface area contributed by atoms with Crippen molar-refractivity contribution in [1.82, 2.24) is 5.32 Å². The molecule has 1 amide bonds. The lowest BCUT2D eigenvalue weighted by atomic mass is 9.98. The van der Waals surface area contributed by atoms with Crippen LogP contribution >= 0.6 is 0 Å². The van der Waals surface area contributed by atoms with E-state index in [-0.39, 0.29) is 32.0 Å². The number of rotatable bonds is 17. The molecule has 0 radical (unpaired) electrons. The molecule has 0 saturated heterocycles. The molecule has 2 unspecified atom stereocenters. The smallest absolute Gasteiger partial charge is 0.407 e. The van der Waals surface area contributed by atoms with Crippen LogP contribution in [0.1, 0.15) is 58.2 Å². The van der Waals surface area contributed by atoms with Crippen LogP contribution in [0.25, 0.3) is 11.1 Å². The fourth-order valence-corrected chi connectivity index (χ4v) is 6.66. The number of aryl methyl sites for hydroxylation is 1. The maximum absolute atomic E-state index is 13.6. The number of carbonyl (C=O) groups excluding carboxylic acids is 3. The number of nitrogens with one attached hydrogen (secondary N) is 1. The Hall–Kier alpha value is -6.55. The maximum Gasteiger partial charge on any atom is 0.407 e. The summed E-state index contributed by atoms with van der Waals surface area (Å²) in [4.78, 5) is 39.9. The Balaban J connectivity index is 1.14. The first kappa shape index (κ1) is 39.2. The summed E-state index contributed by atoms with van der Waals surface area (Å²) in [7, 11) is 3.07. The number of hydrogen-bond donors (Lipinski definition) is 1. The van der Waals surface area contributed by atoms with Gasteiger partial charge in [-0.2, -0.15) is 0 Å². The van der Waals surface area contributed by atoms with E-state index in [0.29, 0.717) is 35.0 Å². The molecule has 56 heavy (non-hydrogen) atoms. The Labute approximate surface area is 327 Å². The van der Waals surface area contributed by atoms with E-state index in [2.05, 4.69) is 11.9 Å². The van der Waals surface area contributed by atoms with E-state index in [1.165, 1.54) is 18.7 Å². The normalized spacial score (nSPS) is 12.6. The number of fused-ring (bicyclic) bond motifs is 3. The van der Waals surface area contributed by atoms with E-state index in [1.54, 1.807) is 25.3 Å². The second-order valence-electron chi connectivity index (χ2n) is 13.3. The zero-order valence-corrected chi connectivity index (χ0v) is 31.7. The number of ether oxygens (including phenoxy) is 6. The molecule has 0 bridgehead atoms. The van der Waals surface area contributed by atoms with Crippen molar-refractivity contribution in [1.29, 1.82) is 0 Å². The molecule has 288 valence electrons. The van der Waals surface area contributed by atoms with Crippen LogP contribution in [0.2, 0.25) is 0 Å². The number of methoxy groups -OCH3 is 2. The fraction of sp³-hybridized carbons (Fsp3) is 0.239. The third-order valence-electron chi connectivity index (χ3n) is 9.58. The van der Waals surface area contributed by atoms with E-state index in [0.717, 1.165) is 27.8 Å². The molecule has 0 aromatic heterocycles. The Morgan fingerprint density at radius 3 is 2.09 bits per heavy atom. The van der Waals surface area contributed by atoms with Crippen molar-refractivity contribution in [3.05, 3.63) is 161 Å². The van der Waals surface area contributed by atoms with Crippen LogP contribution in [0, 0.1) is 6.92 Å². The standard InChI is InChI=1S/C46H45NO9/c1-5-26-53-45(49)41(47-46(50)55-29-40-37-12-8-6-10-35(37)36-11-7-9-13-38(36)40)24-25-43(48)56-44(39-23-22-34(51-3)27-42(39)52-4)32-18-20-33(21-19-32)54-28-31-16-14-30(2)15-17-31/h5-23,27,40-41,44H,1,24-26,28-29H2,2-4H3,(H,47,50). The molecule has 1 aliphatic carbocycles. The third-order valence-corrected chi connectivity index (χ3v) is 9.58. The largest absolute Gasteiger partial charge is 0.497 e. The Kier molecular flexibility index (Phi) is 13.0. The van der Waals surface area contributed by atoms with E-state index < -0.39 is 30.2 Å². The highest BCUT2D eigenvalue weighted by atomic mass is 16.6. The van der Waals surface area contributed by atoms with Crippen LogP contribution in [0.15, 0.2) is 128 Å². The minimum absolute atomic E-state index is 0.0531. The number of carbonyl (C=O) groups is 3. The molecule has 10 heteroatoms. The van der Waals surface area contributed by atoms with Crippen molar-refractivity contribution >= 4 is 18.0 Å². The highest BCUT2D eigenvalue weighted by Gasteiger charge is 2.31. The van der Waals surface area contributed by atoms with E-state index >= 15 is 0 Å². The molecule has 5 aromatic carbocycles. The molecule has 1 N–H and O–H groups in total. The highest BCUT2D eigenvalue weighted by Crippen LogP contribution is 2.44. The van der Waals surface area contributed by atoms with Gasteiger partial charge in [-0.1, -0.05) is 103 Å². The molecule has 0 fully saturated rings. The Morgan fingerprint density at radius 2 is 1.45 bits per heavy atom. The summed E-state index contributed by atoms with van der Waals surface area (Å²) in [5.74, 6) is 0.126. The van der Waals surface area contributed by atoms with Gasteiger partial charge in [0, 0.05) is 24.0 Å². The van der Waals surface area contributed by atoms with Crippen LogP contribution in [0.5, 0.6) is 17.2 Å². The van der Waals surface area contributed by atoms with Crippen molar-refractivity contribution in [2.45, 2.75) is 44.4 Å². The summed E-state index contributed by atoms with van der Waals surface area (Å²) < 4.78 is 34.1. The van der Waals surface area contributed by atoms with Gasteiger partial charge < -0.3 is 33.7 Å². The van der Waals surface area contributed by atoms with Crippen molar-refractivity contribution in [3.8, 4) is 28.4 Å². The lowest BCUT2D eigenvalue weighted by Crippen LogP contribution is -2.43. The third kappa shape index (κ3) is 9.57. The average Bonchev–Trinajstić information content (AvgIpc) is 3.55. The first-order valence-corrected chi connectivity index (χ1v) is 18.4. The van der Waals surface area contributed by atoms with Gasteiger partial charge in [0.15, 0.2) is 6.10 Å². The van der Waals surface area contributed by atoms with Gasteiger partial charge in [0.25, 0.3) is 0 Å². The van der Waals surface area contributed by atoms with Gasteiger partial charge in [-0.15, -0.1) is 0 Å². The number of hydrogen-bond acceptors (Lipinski definition) is 9. The lowest BCUT2D eigenvalue weighted by molar-refractivity contribution is -0.149. The van der Waals surface area contributed by atoms with Gasteiger partial charge in [0.2, 0.25) is 0 Å². The quantitative estimate of drug-likeness (QED) is 0.0565. The zero-order valence-electron chi connectivity index (χ0n) is 31.7. The monoisotopic (exact) mass is 755 g/mol. The van der Waals surface area contributed by atoms with Crippen LogP contribution in [0.3, 0.4) is 0 Å². The number of amides is 1. The second kappa shape index (κ2) is 18.7. The average molecular weight is 756 g/mol. The molecule has 2 atom stereocenters. The Bertz CT molecular complexity index is 2100. The van der Waals surface area contributed by atoms with Gasteiger partial charge >= 0.3 is 18.0 Å². The molecule has 5 aromatic rings. The predicted octanol–water partition coefficient (Wildman–Crippen LogP) is 8.64. The predicted molar refractivity (Wildman–Crippen MR) is 212 cm³/mol. The highest BCUT2D eigenvalue weighted by molar-refractivity contribution is 5.83. The molecule has 0 heterocycles. The topological polar surface area (TPSA) is 119 Å². The van der Waals surface area contributed by atoms with Crippen molar-refractivity contribution in [3.63, 3.8) is 0 Å². The van der Waals surface area contributed by atoms with Crippen molar-refractivity contribution in [2.24, 2.45) is 0 Å². The number of benzene rings is 5. The first-order chi connectivity index (χ1) is 27.3. The van der Waals surface area contributed by atoms with E-state index in [1.807, 2.05) is 104 Å². The fourth-order valence-electron chi connectivity index (χ4n) is 6.66. The second-order valence-corrected chi connectivity index (χ2v) is 13.3. The van der Waals surface area contributed by atoms with Crippen molar-refractivity contribution in [2.75, 3.05) is 27.4 Å².